The summed E-state index contributed by atoms with van der Waals surface area (Å²) < 4.78 is 33.7. The van der Waals surface area contributed by atoms with Gasteiger partial charge < -0.3 is 10.1 Å². The highest BCUT2D eigenvalue weighted by molar-refractivity contribution is 6.28. The summed E-state index contributed by atoms with van der Waals surface area (Å²) in [5, 5.41) is 8.09. The molecule has 2 aromatic carbocycles. The van der Waals surface area contributed by atoms with E-state index in [1.807, 2.05) is 19.1 Å². The van der Waals surface area contributed by atoms with E-state index < -0.39 is 23.7 Å². The molecule has 36 heavy (non-hydrogen) atoms. The van der Waals surface area contributed by atoms with Gasteiger partial charge in [0.15, 0.2) is 5.92 Å². The van der Waals surface area contributed by atoms with Crippen molar-refractivity contribution in [3.8, 4) is 16.9 Å². The van der Waals surface area contributed by atoms with Crippen LogP contribution in [-0.4, -0.2) is 29.6 Å². The van der Waals surface area contributed by atoms with Gasteiger partial charge in [0.1, 0.15) is 5.75 Å². The number of carbonyl (C=O) groups is 2. The summed E-state index contributed by atoms with van der Waals surface area (Å²) in [4.78, 5) is 30.5. The number of alkyl halides is 2. The summed E-state index contributed by atoms with van der Waals surface area (Å²) in [5.74, 6) is -4.78. The lowest BCUT2D eigenvalue weighted by molar-refractivity contribution is -0.127. The maximum absolute atomic E-state index is 14.1. The van der Waals surface area contributed by atoms with Gasteiger partial charge in [-0.1, -0.05) is 19.1 Å². The van der Waals surface area contributed by atoms with Crippen LogP contribution in [-0.2, 0) is 15.5 Å². The molecule has 0 saturated heterocycles. The van der Waals surface area contributed by atoms with E-state index >= 15 is 0 Å². The highest BCUT2D eigenvalue weighted by atomic mass is 19.3. The summed E-state index contributed by atoms with van der Waals surface area (Å²) in [7, 11) is 1.56. The number of amides is 2. The van der Waals surface area contributed by atoms with Crippen LogP contribution in [0.25, 0.3) is 11.1 Å². The molecule has 0 fully saturated rings. The molecule has 1 N–H and O–H groups in total. The van der Waals surface area contributed by atoms with Crippen LogP contribution in [0.15, 0.2) is 65.9 Å². The number of ether oxygens (including phenoxy) is 1. The molecule has 1 aliphatic rings. The van der Waals surface area contributed by atoms with Gasteiger partial charge in [-0.2, -0.15) is 10.1 Å². The van der Waals surface area contributed by atoms with Crippen LogP contribution in [0.3, 0.4) is 0 Å². The number of rotatable bonds is 7. The Bertz CT molecular complexity index is 1360. The van der Waals surface area contributed by atoms with Gasteiger partial charge in [0.2, 0.25) is 5.91 Å². The maximum Gasteiger partial charge on any atom is 0.273 e. The van der Waals surface area contributed by atoms with Crippen molar-refractivity contribution >= 4 is 28.9 Å². The maximum atomic E-state index is 14.1. The van der Waals surface area contributed by atoms with Crippen molar-refractivity contribution in [2.24, 2.45) is 11.0 Å². The van der Waals surface area contributed by atoms with E-state index in [2.05, 4.69) is 15.4 Å². The number of nitrogens with one attached hydrogen (secondary N) is 1. The molecular formula is C27H26F2N4O3. The molecule has 2 amide bonds. The van der Waals surface area contributed by atoms with Crippen LogP contribution in [0.5, 0.6) is 5.75 Å². The normalized spacial score (nSPS) is 15.6. The lowest BCUT2D eigenvalue weighted by atomic mass is 10.0. The van der Waals surface area contributed by atoms with Gasteiger partial charge in [-0.25, -0.2) is 8.78 Å². The van der Waals surface area contributed by atoms with Crippen molar-refractivity contribution in [2.45, 2.75) is 33.1 Å². The summed E-state index contributed by atoms with van der Waals surface area (Å²) in [6.45, 7) is 4.84. The zero-order valence-corrected chi connectivity index (χ0v) is 20.4. The summed E-state index contributed by atoms with van der Waals surface area (Å²) in [6, 6.07) is 14.4. The lowest BCUT2D eigenvalue weighted by Gasteiger charge is -2.18. The molecule has 1 atom stereocenters. The minimum Gasteiger partial charge on any atom is -0.496 e. The SMILES string of the molecule is CCC(F)(F)c1cccc(NC(=O)C2C(=O)N(c3ccc(OC)c(-c4ccnc(C)c4)c3)N=C2C)c1. The number of aryl methyl sites for hydroxylation is 1. The first kappa shape index (κ1) is 25.0. The first-order chi connectivity index (χ1) is 17.1. The average molecular weight is 493 g/mol. The molecule has 1 aromatic heterocycles. The highest BCUT2D eigenvalue weighted by Gasteiger charge is 2.40. The third-order valence-corrected chi connectivity index (χ3v) is 6.03. The number of anilines is 2. The van der Waals surface area contributed by atoms with Crippen LogP contribution in [0.2, 0.25) is 0 Å². The van der Waals surface area contributed by atoms with E-state index in [-0.39, 0.29) is 17.7 Å². The number of hydrazone groups is 1. The van der Waals surface area contributed by atoms with Crippen LogP contribution in [0, 0.1) is 12.8 Å². The van der Waals surface area contributed by atoms with Gasteiger partial charge in [-0.15, -0.1) is 0 Å². The van der Waals surface area contributed by atoms with Crippen LogP contribution in [0.1, 0.15) is 31.5 Å². The topological polar surface area (TPSA) is 83.9 Å². The van der Waals surface area contributed by atoms with E-state index in [4.69, 9.17) is 4.74 Å². The number of halogens is 2. The van der Waals surface area contributed by atoms with Gasteiger partial charge in [-0.05, 0) is 61.9 Å². The second-order valence-corrected chi connectivity index (χ2v) is 8.52. The van der Waals surface area contributed by atoms with E-state index in [9.17, 15) is 18.4 Å². The lowest BCUT2D eigenvalue weighted by Crippen LogP contribution is -2.36. The second-order valence-electron chi connectivity index (χ2n) is 8.52. The molecular weight excluding hydrogens is 466 g/mol. The predicted octanol–water partition coefficient (Wildman–Crippen LogP) is 5.54. The predicted molar refractivity (Wildman–Crippen MR) is 134 cm³/mol. The van der Waals surface area contributed by atoms with E-state index in [1.54, 1.807) is 38.4 Å². The van der Waals surface area contributed by atoms with Crippen LogP contribution in [0.4, 0.5) is 20.2 Å². The summed E-state index contributed by atoms with van der Waals surface area (Å²) >= 11 is 0. The molecule has 0 radical (unpaired) electrons. The zero-order valence-electron chi connectivity index (χ0n) is 20.4. The monoisotopic (exact) mass is 492 g/mol. The third kappa shape index (κ3) is 4.82. The molecule has 7 nitrogen and oxygen atoms in total. The fourth-order valence-corrected chi connectivity index (χ4v) is 4.06. The second kappa shape index (κ2) is 9.85. The van der Waals surface area contributed by atoms with Crippen molar-refractivity contribution in [2.75, 3.05) is 17.4 Å². The Hall–Kier alpha value is -4.14. The molecule has 3 aromatic rings. The first-order valence-corrected chi connectivity index (χ1v) is 11.4. The van der Waals surface area contributed by atoms with Crippen LogP contribution < -0.4 is 15.1 Å². The number of hydrogen-bond donors (Lipinski definition) is 1. The fourth-order valence-electron chi connectivity index (χ4n) is 4.06. The number of nitrogens with zero attached hydrogens (tertiary/aromatic N) is 3. The molecule has 1 aliphatic heterocycles. The molecule has 2 heterocycles. The first-order valence-electron chi connectivity index (χ1n) is 11.4. The van der Waals surface area contributed by atoms with Gasteiger partial charge in [0.25, 0.3) is 11.8 Å². The van der Waals surface area contributed by atoms with Crippen LogP contribution >= 0.6 is 0 Å². The number of carbonyl (C=O) groups excluding carboxylic acids is 2. The Morgan fingerprint density at radius 3 is 2.61 bits per heavy atom. The number of pyridine rings is 1. The van der Waals surface area contributed by atoms with Crippen molar-refractivity contribution in [1.82, 2.24) is 4.98 Å². The van der Waals surface area contributed by atoms with E-state index in [0.717, 1.165) is 16.8 Å². The average Bonchev–Trinajstić information content (AvgIpc) is 3.17. The minimum atomic E-state index is -3.02. The molecule has 0 saturated carbocycles. The fraction of sp³-hybridized carbons (Fsp3) is 0.259. The van der Waals surface area contributed by atoms with Crippen molar-refractivity contribution < 1.29 is 23.1 Å². The van der Waals surface area contributed by atoms with Gasteiger partial charge in [0, 0.05) is 35.1 Å². The molecule has 186 valence electrons. The van der Waals surface area contributed by atoms with E-state index in [0.29, 0.717) is 17.1 Å². The summed E-state index contributed by atoms with van der Waals surface area (Å²) in [6.07, 6.45) is 1.32. The Morgan fingerprint density at radius 1 is 1.14 bits per heavy atom. The Balaban J connectivity index is 1.59. The molecule has 1 unspecified atom stereocenters. The van der Waals surface area contributed by atoms with E-state index in [1.165, 1.54) is 36.2 Å². The number of aromatic nitrogens is 1. The number of benzene rings is 2. The molecule has 0 bridgehead atoms. The Labute approximate surface area is 207 Å². The number of hydrogen-bond acceptors (Lipinski definition) is 5. The van der Waals surface area contributed by atoms with Crippen molar-refractivity contribution in [1.29, 1.82) is 0 Å². The quantitative estimate of drug-likeness (QED) is 0.439. The third-order valence-electron chi connectivity index (χ3n) is 6.03. The van der Waals surface area contributed by atoms with Gasteiger partial charge in [-0.3, -0.25) is 14.6 Å². The molecule has 9 heteroatoms. The highest BCUT2D eigenvalue weighted by Crippen LogP contribution is 2.36. The Kier molecular flexibility index (Phi) is 6.83. The summed E-state index contributed by atoms with van der Waals surface area (Å²) in [5.41, 5.74) is 3.15. The Morgan fingerprint density at radius 2 is 1.92 bits per heavy atom. The molecule has 0 aliphatic carbocycles. The molecule has 0 spiro atoms. The van der Waals surface area contributed by atoms with Gasteiger partial charge >= 0.3 is 0 Å². The standard InChI is InChI=1S/C27H26F2N4O3/c1-5-27(28,29)19-7-6-8-20(14-19)31-25(34)24-17(3)32-33(26(24)35)21-9-10-23(36-4)22(15-21)18-11-12-30-16(2)13-18/h6-15,24H,5H2,1-4H3,(H,31,34). The molecule has 4 rings (SSSR count). The largest absolute Gasteiger partial charge is 0.496 e. The van der Waals surface area contributed by atoms with Gasteiger partial charge in [0.05, 0.1) is 18.5 Å². The zero-order chi connectivity index (χ0) is 26.0. The number of methoxy groups -OCH3 is 1. The smallest absolute Gasteiger partial charge is 0.273 e. The van der Waals surface area contributed by atoms with Crippen molar-refractivity contribution in [3.05, 3.63) is 72.1 Å². The minimum absolute atomic E-state index is 0.185. The van der Waals surface area contributed by atoms with Crippen molar-refractivity contribution in [3.63, 3.8) is 0 Å².